The molecule has 0 unspecified atom stereocenters. The van der Waals surface area contributed by atoms with Gasteiger partial charge in [0.15, 0.2) is 0 Å². The second-order valence-electron chi connectivity index (χ2n) is 3.74. The Bertz CT molecular complexity index is 334. The first-order valence-corrected chi connectivity index (χ1v) is 4.87. The lowest BCUT2D eigenvalue weighted by atomic mass is 10.4. The van der Waals surface area contributed by atoms with Gasteiger partial charge in [-0.25, -0.2) is 4.98 Å². The molecule has 0 radical (unpaired) electrons. The first-order chi connectivity index (χ1) is 6.66. The van der Waals surface area contributed by atoms with E-state index in [1.165, 1.54) is 0 Å². The summed E-state index contributed by atoms with van der Waals surface area (Å²) in [5.74, 6) is 1.78. The number of aryl methyl sites for hydroxylation is 2. The highest BCUT2D eigenvalue weighted by Crippen LogP contribution is 2.28. The Labute approximate surface area is 82.7 Å². The third kappa shape index (κ3) is 1.95. The van der Waals surface area contributed by atoms with Crippen molar-refractivity contribution in [3.63, 3.8) is 0 Å². The standard InChI is InChI=1S/C10H14N2O2/c1-6-7(2)14-9(12-6)5-11-10(13)8-3-4-8/h8H,3-5H2,1-2H3,(H,11,13). The molecule has 1 saturated carbocycles. The molecule has 2 rings (SSSR count). The normalized spacial score (nSPS) is 15.6. The molecule has 4 nitrogen and oxygen atoms in total. The minimum atomic E-state index is 0.124. The monoisotopic (exact) mass is 194 g/mol. The van der Waals surface area contributed by atoms with E-state index in [9.17, 15) is 4.79 Å². The summed E-state index contributed by atoms with van der Waals surface area (Å²) in [5, 5.41) is 2.81. The Morgan fingerprint density at radius 2 is 2.29 bits per heavy atom. The van der Waals surface area contributed by atoms with Crippen LogP contribution >= 0.6 is 0 Å². The van der Waals surface area contributed by atoms with Gasteiger partial charge in [0.1, 0.15) is 5.76 Å². The smallest absolute Gasteiger partial charge is 0.223 e. The number of hydrogen-bond donors (Lipinski definition) is 1. The maximum absolute atomic E-state index is 11.3. The molecular formula is C10H14N2O2. The van der Waals surface area contributed by atoms with Gasteiger partial charge >= 0.3 is 0 Å². The van der Waals surface area contributed by atoms with Crippen LogP contribution in [-0.2, 0) is 11.3 Å². The lowest BCUT2D eigenvalue weighted by Crippen LogP contribution is -2.24. The van der Waals surface area contributed by atoms with E-state index in [1.54, 1.807) is 0 Å². The molecule has 76 valence electrons. The third-order valence-electron chi connectivity index (χ3n) is 2.43. The van der Waals surface area contributed by atoms with Crippen LogP contribution < -0.4 is 5.32 Å². The van der Waals surface area contributed by atoms with E-state index in [0.717, 1.165) is 24.3 Å². The summed E-state index contributed by atoms with van der Waals surface area (Å²) >= 11 is 0. The predicted octanol–water partition coefficient (Wildman–Crippen LogP) is 1.32. The average Bonchev–Trinajstić information content (AvgIpc) is 2.92. The fraction of sp³-hybridized carbons (Fsp3) is 0.600. The molecule has 1 heterocycles. The van der Waals surface area contributed by atoms with E-state index in [4.69, 9.17) is 4.42 Å². The summed E-state index contributed by atoms with van der Waals surface area (Å²) < 4.78 is 5.34. The molecule has 14 heavy (non-hydrogen) atoms. The van der Waals surface area contributed by atoms with Gasteiger partial charge in [0.05, 0.1) is 12.2 Å². The molecule has 0 aliphatic heterocycles. The third-order valence-corrected chi connectivity index (χ3v) is 2.43. The Morgan fingerprint density at radius 3 is 2.79 bits per heavy atom. The van der Waals surface area contributed by atoms with E-state index < -0.39 is 0 Å². The van der Waals surface area contributed by atoms with Crippen LogP contribution in [0.1, 0.15) is 30.2 Å². The zero-order valence-electron chi connectivity index (χ0n) is 8.46. The van der Waals surface area contributed by atoms with Crippen molar-refractivity contribution < 1.29 is 9.21 Å². The number of nitrogens with zero attached hydrogens (tertiary/aromatic N) is 1. The fourth-order valence-corrected chi connectivity index (χ4v) is 1.27. The summed E-state index contributed by atoms with van der Waals surface area (Å²) in [4.78, 5) is 15.5. The van der Waals surface area contributed by atoms with Gasteiger partial charge in [0, 0.05) is 5.92 Å². The second-order valence-corrected chi connectivity index (χ2v) is 3.74. The van der Waals surface area contributed by atoms with Crippen molar-refractivity contribution in [3.05, 3.63) is 17.3 Å². The van der Waals surface area contributed by atoms with Crippen molar-refractivity contribution in [1.29, 1.82) is 0 Å². The number of oxazole rings is 1. The summed E-state index contributed by atoms with van der Waals surface area (Å²) in [7, 11) is 0. The molecule has 1 fully saturated rings. The van der Waals surface area contributed by atoms with Gasteiger partial charge in [-0.3, -0.25) is 4.79 Å². The first-order valence-electron chi connectivity index (χ1n) is 4.87. The number of amides is 1. The molecular weight excluding hydrogens is 180 g/mol. The molecule has 0 bridgehead atoms. The van der Waals surface area contributed by atoms with Gasteiger partial charge in [0.2, 0.25) is 11.8 Å². The summed E-state index contributed by atoms with van der Waals surface area (Å²) in [6.45, 7) is 4.17. The molecule has 1 aromatic rings. The highest BCUT2D eigenvalue weighted by atomic mass is 16.4. The number of nitrogens with one attached hydrogen (secondary N) is 1. The van der Waals surface area contributed by atoms with Crippen LogP contribution in [0.4, 0.5) is 0 Å². The summed E-state index contributed by atoms with van der Waals surface area (Å²) in [6.07, 6.45) is 2.05. The van der Waals surface area contributed by atoms with Gasteiger partial charge in [-0.2, -0.15) is 0 Å². The van der Waals surface area contributed by atoms with Gasteiger partial charge in [-0.15, -0.1) is 0 Å². The Hall–Kier alpha value is -1.32. The van der Waals surface area contributed by atoms with Gasteiger partial charge < -0.3 is 9.73 Å². The highest BCUT2D eigenvalue weighted by molar-refractivity contribution is 5.80. The number of carbonyl (C=O) groups is 1. The number of rotatable bonds is 3. The lowest BCUT2D eigenvalue weighted by Gasteiger charge is -1.99. The maximum atomic E-state index is 11.3. The van der Waals surface area contributed by atoms with E-state index in [0.29, 0.717) is 12.4 Å². The van der Waals surface area contributed by atoms with Gasteiger partial charge in [-0.1, -0.05) is 0 Å². The van der Waals surface area contributed by atoms with Crippen LogP contribution in [0.3, 0.4) is 0 Å². The van der Waals surface area contributed by atoms with Crippen molar-refractivity contribution >= 4 is 5.91 Å². The Balaban J connectivity index is 1.87. The molecule has 0 aromatic carbocycles. The molecule has 4 heteroatoms. The van der Waals surface area contributed by atoms with Crippen LogP contribution in [0.25, 0.3) is 0 Å². The van der Waals surface area contributed by atoms with Crippen LogP contribution in [0.5, 0.6) is 0 Å². The van der Waals surface area contributed by atoms with Crippen molar-refractivity contribution in [2.24, 2.45) is 5.92 Å². The van der Waals surface area contributed by atoms with Crippen LogP contribution in [0.2, 0.25) is 0 Å². The molecule has 1 aromatic heterocycles. The number of hydrogen-bond acceptors (Lipinski definition) is 3. The number of aromatic nitrogens is 1. The minimum Gasteiger partial charge on any atom is -0.444 e. The topological polar surface area (TPSA) is 55.1 Å². The Morgan fingerprint density at radius 1 is 1.57 bits per heavy atom. The van der Waals surface area contributed by atoms with Crippen molar-refractivity contribution in [2.75, 3.05) is 0 Å². The van der Waals surface area contributed by atoms with Crippen LogP contribution in [0.15, 0.2) is 4.42 Å². The second kappa shape index (κ2) is 3.44. The zero-order valence-corrected chi connectivity index (χ0v) is 8.46. The lowest BCUT2D eigenvalue weighted by molar-refractivity contribution is -0.122. The predicted molar refractivity (Wildman–Crippen MR) is 50.5 cm³/mol. The molecule has 1 N–H and O–H groups in total. The SMILES string of the molecule is Cc1nc(CNC(=O)C2CC2)oc1C. The van der Waals surface area contributed by atoms with Gasteiger partial charge in [-0.05, 0) is 26.7 Å². The van der Waals surface area contributed by atoms with Crippen molar-refractivity contribution in [1.82, 2.24) is 10.3 Å². The van der Waals surface area contributed by atoms with Crippen LogP contribution in [-0.4, -0.2) is 10.9 Å². The van der Waals surface area contributed by atoms with Crippen LogP contribution in [0, 0.1) is 19.8 Å². The fourth-order valence-electron chi connectivity index (χ4n) is 1.27. The van der Waals surface area contributed by atoms with E-state index in [-0.39, 0.29) is 11.8 Å². The molecule has 0 saturated heterocycles. The molecule has 0 spiro atoms. The Kier molecular flexibility index (Phi) is 2.27. The maximum Gasteiger partial charge on any atom is 0.223 e. The molecule has 1 aliphatic rings. The zero-order chi connectivity index (χ0) is 10.1. The molecule has 1 aliphatic carbocycles. The largest absolute Gasteiger partial charge is 0.444 e. The highest BCUT2D eigenvalue weighted by Gasteiger charge is 2.29. The quantitative estimate of drug-likeness (QED) is 0.789. The average molecular weight is 194 g/mol. The first kappa shape index (κ1) is 9.24. The molecule has 0 atom stereocenters. The summed E-state index contributed by atoms with van der Waals surface area (Å²) in [5.41, 5.74) is 0.890. The van der Waals surface area contributed by atoms with E-state index >= 15 is 0 Å². The summed E-state index contributed by atoms with van der Waals surface area (Å²) in [6, 6.07) is 0. The number of carbonyl (C=O) groups excluding carboxylic acids is 1. The van der Waals surface area contributed by atoms with Crippen molar-refractivity contribution in [3.8, 4) is 0 Å². The van der Waals surface area contributed by atoms with Gasteiger partial charge in [0.25, 0.3) is 0 Å². The minimum absolute atomic E-state index is 0.124. The molecule has 1 amide bonds. The van der Waals surface area contributed by atoms with E-state index in [1.807, 2.05) is 13.8 Å². The van der Waals surface area contributed by atoms with E-state index in [2.05, 4.69) is 10.3 Å². The van der Waals surface area contributed by atoms with Crippen molar-refractivity contribution in [2.45, 2.75) is 33.2 Å².